The zero-order chi connectivity index (χ0) is 31.5. The van der Waals surface area contributed by atoms with Crippen LogP contribution in [0.4, 0.5) is 29.3 Å². The summed E-state index contributed by atoms with van der Waals surface area (Å²) in [6, 6.07) is 10.2. The molecule has 3 aromatic rings. The average molecular weight is 641 g/mol. The number of fused-ring (bicyclic) bond motifs is 1. The van der Waals surface area contributed by atoms with E-state index in [9.17, 15) is 36.3 Å². The molecule has 1 aliphatic heterocycles. The number of aliphatic hydroxyl groups is 1. The van der Waals surface area contributed by atoms with E-state index in [4.69, 9.17) is 4.74 Å². The maximum absolute atomic E-state index is 13.6. The lowest BCUT2D eigenvalue weighted by Gasteiger charge is -2.38. The smallest absolute Gasteiger partial charge is 0.416 e. The number of carbonyl (C=O) groups is 2. The fraction of sp³-hybridized carbons (Fsp3) is 0.357. The van der Waals surface area contributed by atoms with E-state index in [1.807, 2.05) is 6.92 Å². The summed E-state index contributed by atoms with van der Waals surface area (Å²) in [4.78, 5) is 29.3. The van der Waals surface area contributed by atoms with Crippen LogP contribution in [-0.4, -0.2) is 74.2 Å². The van der Waals surface area contributed by atoms with E-state index in [1.54, 1.807) is 18.4 Å². The summed E-state index contributed by atoms with van der Waals surface area (Å²) in [6.45, 7) is 3.37. The Morgan fingerprint density at radius 3 is 2.47 bits per heavy atom. The van der Waals surface area contributed by atoms with E-state index in [1.165, 1.54) is 41.1 Å². The third-order valence-electron chi connectivity index (χ3n) is 6.94. The number of thiophene rings is 1. The molecule has 0 fully saturated rings. The Morgan fingerprint density at radius 1 is 1.19 bits per heavy atom. The lowest BCUT2D eigenvalue weighted by Crippen LogP contribution is -2.50. The molecule has 232 valence electrons. The highest BCUT2D eigenvalue weighted by molar-refractivity contribution is 7.94. The van der Waals surface area contributed by atoms with Crippen molar-refractivity contribution in [2.45, 2.75) is 36.4 Å². The molecule has 3 N–H and O–H groups in total. The van der Waals surface area contributed by atoms with Gasteiger partial charge in [0.1, 0.15) is 16.1 Å². The quantitative estimate of drug-likeness (QED) is 0.320. The van der Waals surface area contributed by atoms with Crippen molar-refractivity contribution in [3.8, 4) is 5.75 Å². The molecule has 1 aromatic heterocycles. The molecule has 0 saturated carbocycles. The Morgan fingerprint density at radius 2 is 1.86 bits per heavy atom. The van der Waals surface area contributed by atoms with Gasteiger partial charge in [0, 0.05) is 30.9 Å². The number of nitrogens with one attached hydrogen (secondary N) is 2. The van der Waals surface area contributed by atoms with Crippen molar-refractivity contribution in [3.63, 3.8) is 0 Å². The zero-order valence-corrected chi connectivity index (χ0v) is 25.1. The first-order chi connectivity index (χ1) is 20.2. The van der Waals surface area contributed by atoms with E-state index in [0.29, 0.717) is 0 Å². The van der Waals surface area contributed by atoms with Crippen molar-refractivity contribution < 1.29 is 41.0 Å². The largest absolute Gasteiger partial charge is 0.487 e. The number of nitrogens with zero attached hydrogens (tertiary/aromatic N) is 2. The number of amides is 3. The molecule has 0 saturated heterocycles. The molecule has 15 heteroatoms. The monoisotopic (exact) mass is 640 g/mol. The summed E-state index contributed by atoms with van der Waals surface area (Å²) in [6.07, 6.45) is -5.16. The predicted molar refractivity (Wildman–Crippen MR) is 156 cm³/mol. The number of aliphatic hydroxyl groups excluding tert-OH is 1. The molecule has 0 spiro atoms. The molecule has 4 rings (SSSR count). The number of halogens is 3. The topological polar surface area (TPSA) is 128 Å². The molecule has 2 heterocycles. The lowest BCUT2D eigenvalue weighted by atomic mass is 9.99. The third-order valence-corrected chi connectivity index (χ3v) is 9.72. The van der Waals surface area contributed by atoms with Crippen LogP contribution < -0.4 is 14.8 Å². The van der Waals surface area contributed by atoms with Crippen molar-refractivity contribution >= 4 is 44.7 Å². The van der Waals surface area contributed by atoms with Crippen LogP contribution in [0, 0.1) is 5.92 Å². The van der Waals surface area contributed by atoms with Crippen molar-refractivity contribution in [3.05, 3.63) is 71.1 Å². The second-order valence-corrected chi connectivity index (χ2v) is 13.1. The molecule has 1 aliphatic rings. The number of hydrogen-bond donors (Lipinski definition) is 3. The fourth-order valence-electron chi connectivity index (χ4n) is 4.44. The van der Waals surface area contributed by atoms with Gasteiger partial charge in [0.15, 0.2) is 0 Å². The van der Waals surface area contributed by atoms with Crippen LogP contribution in [0.3, 0.4) is 0 Å². The summed E-state index contributed by atoms with van der Waals surface area (Å²) in [7, 11) is -2.39. The molecular weight excluding hydrogens is 609 g/mol. The van der Waals surface area contributed by atoms with E-state index in [0.717, 1.165) is 35.6 Å². The molecular formula is C28H31F3N4O6S2. The van der Waals surface area contributed by atoms with Crippen LogP contribution in [0.15, 0.2) is 64.2 Å². The van der Waals surface area contributed by atoms with Crippen molar-refractivity contribution in [1.29, 1.82) is 0 Å². The van der Waals surface area contributed by atoms with Gasteiger partial charge in [0.25, 0.3) is 15.9 Å². The van der Waals surface area contributed by atoms with Gasteiger partial charge in [-0.25, -0.2) is 13.2 Å². The summed E-state index contributed by atoms with van der Waals surface area (Å²) in [5, 5.41) is 14.0. The van der Waals surface area contributed by atoms with Crippen LogP contribution in [0.25, 0.3) is 0 Å². The summed E-state index contributed by atoms with van der Waals surface area (Å²) >= 11 is 1.04. The molecule has 10 nitrogen and oxygen atoms in total. The first-order valence-corrected chi connectivity index (χ1v) is 15.5. The minimum Gasteiger partial charge on any atom is -0.487 e. The molecule has 0 unspecified atom stereocenters. The first kappa shape index (κ1) is 32.1. The second kappa shape index (κ2) is 12.8. The van der Waals surface area contributed by atoms with Gasteiger partial charge in [0.2, 0.25) is 0 Å². The molecule has 0 bridgehead atoms. The van der Waals surface area contributed by atoms with Gasteiger partial charge >= 0.3 is 12.2 Å². The highest BCUT2D eigenvalue weighted by Crippen LogP contribution is 2.32. The van der Waals surface area contributed by atoms with Crippen molar-refractivity contribution in [2.75, 3.05) is 36.8 Å². The van der Waals surface area contributed by atoms with Crippen LogP contribution in [0.1, 0.15) is 29.8 Å². The van der Waals surface area contributed by atoms with Gasteiger partial charge in [-0.2, -0.15) is 13.2 Å². The first-order valence-electron chi connectivity index (χ1n) is 13.2. The molecule has 0 aliphatic carbocycles. The lowest BCUT2D eigenvalue weighted by molar-refractivity contribution is -0.137. The average Bonchev–Trinajstić information content (AvgIpc) is 3.51. The van der Waals surface area contributed by atoms with E-state index in [2.05, 4.69) is 10.0 Å². The number of benzene rings is 2. The molecule has 3 amide bonds. The van der Waals surface area contributed by atoms with Gasteiger partial charge in [-0.3, -0.25) is 9.52 Å². The summed E-state index contributed by atoms with van der Waals surface area (Å²) in [5.41, 5.74) is -0.458. The summed E-state index contributed by atoms with van der Waals surface area (Å²) in [5.74, 6) is -0.635. The van der Waals surface area contributed by atoms with E-state index >= 15 is 0 Å². The third kappa shape index (κ3) is 7.58. The number of likely N-dealkylation sites (N-methyl/N-ethyl adjacent to an activating group) is 1. The number of rotatable bonds is 8. The summed E-state index contributed by atoms with van der Waals surface area (Å²) < 4.78 is 73.0. The number of carbonyl (C=O) groups excluding carboxylic acids is 2. The SMILES string of the molecule is C[C@H](CO)N1C[C@H](C)[C@@H](CN(C)C(=O)Nc2ccc(C(F)(F)F)cc2)Oc2ccc(NS(=O)(=O)c3cccs3)cc2C1=O. The zero-order valence-electron chi connectivity index (χ0n) is 23.5. The minimum absolute atomic E-state index is 0.0371. The number of urea groups is 1. The Hall–Kier alpha value is -3.82. The van der Waals surface area contributed by atoms with Crippen molar-refractivity contribution in [2.24, 2.45) is 5.92 Å². The predicted octanol–water partition coefficient (Wildman–Crippen LogP) is 4.95. The highest BCUT2D eigenvalue weighted by Gasteiger charge is 2.35. The standard InChI is InChI=1S/C28H31F3N4O6S2/c1-17-14-35(18(2)16-36)26(37)22-13-21(33-43(39,40)25-5-4-12-42-25)10-11-23(22)41-24(17)15-34(3)27(38)32-20-8-6-19(7-9-20)28(29,30)31/h4-13,17-18,24,33,36H,14-16H2,1-3H3,(H,32,38)/t17-,18+,24+/m0/s1. The van der Waals surface area contributed by atoms with Gasteiger partial charge < -0.3 is 25.0 Å². The maximum Gasteiger partial charge on any atom is 0.416 e. The molecule has 43 heavy (non-hydrogen) atoms. The number of anilines is 2. The Kier molecular flexibility index (Phi) is 9.57. The second-order valence-electron chi connectivity index (χ2n) is 10.3. The highest BCUT2D eigenvalue weighted by atomic mass is 32.2. The number of sulfonamides is 1. The van der Waals surface area contributed by atoms with Gasteiger partial charge in [0.05, 0.1) is 30.3 Å². The van der Waals surface area contributed by atoms with Crippen LogP contribution in [-0.2, 0) is 16.2 Å². The molecule has 0 radical (unpaired) electrons. The Bertz CT molecular complexity index is 1550. The number of alkyl halides is 3. The van der Waals surface area contributed by atoms with Gasteiger partial charge in [-0.05, 0) is 60.8 Å². The number of hydrogen-bond acceptors (Lipinski definition) is 7. The Balaban J connectivity index is 1.57. The van der Waals surface area contributed by atoms with Crippen LogP contribution in [0.5, 0.6) is 5.75 Å². The normalized spacial score (nSPS) is 18.1. The fourth-order valence-corrected chi connectivity index (χ4v) is 6.48. The van der Waals surface area contributed by atoms with Gasteiger partial charge in [-0.15, -0.1) is 11.3 Å². The van der Waals surface area contributed by atoms with Crippen LogP contribution in [0.2, 0.25) is 0 Å². The van der Waals surface area contributed by atoms with Gasteiger partial charge in [-0.1, -0.05) is 13.0 Å². The van der Waals surface area contributed by atoms with E-state index in [-0.39, 0.29) is 52.5 Å². The Labute approximate surface area is 251 Å². The van der Waals surface area contributed by atoms with E-state index < -0.39 is 45.8 Å². The van der Waals surface area contributed by atoms with Crippen molar-refractivity contribution in [1.82, 2.24) is 9.80 Å². The maximum atomic E-state index is 13.6. The number of ether oxygens (including phenoxy) is 1. The van der Waals surface area contributed by atoms with Crippen LogP contribution >= 0.6 is 11.3 Å². The molecule has 2 aromatic carbocycles. The molecule has 3 atom stereocenters. The minimum atomic E-state index is -4.50.